The molecule has 0 atom stereocenters. The van der Waals surface area contributed by atoms with E-state index in [0.29, 0.717) is 23.4 Å². The normalized spacial score (nSPS) is 16.5. The van der Waals surface area contributed by atoms with Crippen LogP contribution in [-0.2, 0) is 20.8 Å². The fourth-order valence-electron chi connectivity index (χ4n) is 3.77. The lowest BCUT2D eigenvalue weighted by Crippen LogP contribution is -2.39. The zero-order valence-corrected chi connectivity index (χ0v) is 16.2. The monoisotopic (exact) mass is 374 g/mol. The van der Waals surface area contributed by atoms with Crippen molar-refractivity contribution in [3.63, 3.8) is 0 Å². The lowest BCUT2D eigenvalue weighted by Gasteiger charge is -2.28. The molecule has 2 aliphatic rings. The summed E-state index contributed by atoms with van der Waals surface area (Å²) in [5, 5.41) is 0. The summed E-state index contributed by atoms with van der Waals surface area (Å²) in [7, 11) is 0. The van der Waals surface area contributed by atoms with Crippen LogP contribution < -0.4 is 9.80 Å². The third kappa shape index (κ3) is 2.83. The van der Waals surface area contributed by atoms with Crippen molar-refractivity contribution in [2.75, 3.05) is 16.3 Å². The molecule has 0 aromatic heterocycles. The maximum atomic E-state index is 13.1. The highest BCUT2D eigenvalue weighted by atomic mass is 16.2. The highest BCUT2D eigenvalue weighted by Gasteiger charge is 2.38. The number of rotatable bonds is 2. The fourth-order valence-corrected chi connectivity index (χ4v) is 3.77. The molecule has 2 aliphatic heterocycles. The molecule has 0 unspecified atom stereocenters. The zero-order chi connectivity index (χ0) is 20.1. The fraction of sp³-hybridized carbons (Fsp3) is 0.261. The Labute approximate surface area is 164 Å². The number of imide groups is 1. The molecule has 0 fully saturated rings. The number of amides is 3. The predicted molar refractivity (Wildman–Crippen MR) is 109 cm³/mol. The molecular weight excluding hydrogens is 352 g/mol. The smallest absolute Gasteiger partial charge is 0.266 e. The Balaban J connectivity index is 1.77. The Morgan fingerprint density at radius 2 is 1.68 bits per heavy atom. The second-order valence-electron chi connectivity index (χ2n) is 8.14. The number of hydrogen-bond donors (Lipinski definition) is 0. The molecule has 4 rings (SSSR count). The van der Waals surface area contributed by atoms with Gasteiger partial charge in [-0.1, -0.05) is 57.2 Å². The van der Waals surface area contributed by atoms with Crippen LogP contribution in [0.2, 0.25) is 0 Å². The van der Waals surface area contributed by atoms with Crippen LogP contribution in [-0.4, -0.2) is 24.3 Å². The molecule has 2 aromatic carbocycles. The largest absolute Gasteiger partial charge is 0.311 e. The van der Waals surface area contributed by atoms with Crippen molar-refractivity contribution in [1.82, 2.24) is 0 Å². The van der Waals surface area contributed by atoms with E-state index in [-0.39, 0.29) is 17.7 Å². The SMILES string of the molecule is CC(C)(C)C(=O)N1CCc2cccc(C3=CC(=O)N(c4ccccc4)C3=O)c21. The molecule has 0 N–H and O–H groups in total. The molecular formula is C23H22N2O3. The Bertz CT molecular complexity index is 1020. The first-order valence-electron chi connectivity index (χ1n) is 9.38. The van der Waals surface area contributed by atoms with Gasteiger partial charge in [-0.3, -0.25) is 14.4 Å². The van der Waals surface area contributed by atoms with Crippen LogP contribution in [0.15, 0.2) is 54.6 Å². The van der Waals surface area contributed by atoms with E-state index in [1.165, 1.54) is 11.0 Å². The van der Waals surface area contributed by atoms with Crippen LogP contribution in [0.1, 0.15) is 31.9 Å². The first-order valence-corrected chi connectivity index (χ1v) is 9.38. The van der Waals surface area contributed by atoms with Gasteiger partial charge < -0.3 is 4.90 Å². The van der Waals surface area contributed by atoms with Crippen LogP contribution in [0.4, 0.5) is 11.4 Å². The zero-order valence-electron chi connectivity index (χ0n) is 16.2. The summed E-state index contributed by atoms with van der Waals surface area (Å²) in [6.45, 7) is 6.24. The molecule has 0 spiro atoms. The van der Waals surface area contributed by atoms with E-state index < -0.39 is 5.41 Å². The number of benzene rings is 2. The van der Waals surface area contributed by atoms with Crippen molar-refractivity contribution >= 4 is 34.7 Å². The predicted octanol–water partition coefficient (Wildman–Crippen LogP) is 3.58. The van der Waals surface area contributed by atoms with Crippen molar-refractivity contribution in [3.8, 4) is 0 Å². The van der Waals surface area contributed by atoms with Crippen molar-refractivity contribution in [2.45, 2.75) is 27.2 Å². The van der Waals surface area contributed by atoms with Crippen LogP contribution in [0, 0.1) is 5.41 Å². The molecule has 2 aromatic rings. The Morgan fingerprint density at radius 3 is 2.36 bits per heavy atom. The van der Waals surface area contributed by atoms with Gasteiger partial charge in [-0.2, -0.15) is 0 Å². The van der Waals surface area contributed by atoms with E-state index in [2.05, 4.69) is 0 Å². The second-order valence-corrected chi connectivity index (χ2v) is 8.14. The van der Waals surface area contributed by atoms with Gasteiger partial charge in [0.05, 0.1) is 16.9 Å². The quantitative estimate of drug-likeness (QED) is 0.755. The molecule has 5 heteroatoms. The molecule has 0 aliphatic carbocycles. The summed E-state index contributed by atoms with van der Waals surface area (Å²) in [6.07, 6.45) is 2.12. The molecule has 0 saturated carbocycles. The highest BCUT2D eigenvalue weighted by Crippen LogP contribution is 2.40. The number of hydrogen-bond acceptors (Lipinski definition) is 3. The molecule has 0 radical (unpaired) electrons. The standard InChI is InChI=1S/C23H22N2O3/c1-23(2,3)22(28)24-13-12-15-8-7-11-17(20(15)24)18-14-19(26)25(21(18)27)16-9-5-4-6-10-16/h4-11,14H,12-13H2,1-3H3. The maximum Gasteiger partial charge on any atom is 0.266 e. The Kier molecular flexibility index (Phi) is 4.18. The molecule has 142 valence electrons. The summed E-state index contributed by atoms with van der Waals surface area (Å²) in [5.41, 5.74) is 2.76. The van der Waals surface area contributed by atoms with E-state index >= 15 is 0 Å². The Hall–Kier alpha value is -3.21. The Morgan fingerprint density at radius 1 is 0.964 bits per heavy atom. The number of para-hydroxylation sites is 2. The van der Waals surface area contributed by atoms with Gasteiger partial charge in [0.25, 0.3) is 11.8 Å². The van der Waals surface area contributed by atoms with E-state index in [0.717, 1.165) is 17.7 Å². The van der Waals surface area contributed by atoms with Crippen LogP contribution >= 0.6 is 0 Å². The summed E-state index contributed by atoms with van der Waals surface area (Å²) >= 11 is 0. The van der Waals surface area contributed by atoms with Crippen molar-refractivity contribution < 1.29 is 14.4 Å². The average molecular weight is 374 g/mol. The van der Waals surface area contributed by atoms with E-state index in [4.69, 9.17) is 0 Å². The second kappa shape index (κ2) is 6.44. The van der Waals surface area contributed by atoms with E-state index in [9.17, 15) is 14.4 Å². The molecule has 0 bridgehead atoms. The van der Waals surface area contributed by atoms with Gasteiger partial charge in [-0.25, -0.2) is 4.90 Å². The molecule has 5 nitrogen and oxygen atoms in total. The van der Waals surface area contributed by atoms with E-state index in [1.807, 2.05) is 45.0 Å². The van der Waals surface area contributed by atoms with Crippen molar-refractivity contribution in [1.29, 1.82) is 0 Å². The van der Waals surface area contributed by atoms with Gasteiger partial charge in [-0.05, 0) is 24.1 Å². The molecule has 0 saturated heterocycles. The molecule has 2 heterocycles. The highest BCUT2D eigenvalue weighted by molar-refractivity contribution is 6.44. The topological polar surface area (TPSA) is 57.7 Å². The number of anilines is 2. The van der Waals surface area contributed by atoms with Crippen molar-refractivity contribution in [2.24, 2.45) is 5.41 Å². The van der Waals surface area contributed by atoms with Gasteiger partial charge in [0.2, 0.25) is 5.91 Å². The first kappa shape index (κ1) is 18.2. The number of fused-ring (bicyclic) bond motifs is 1. The summed E-state index contributed by atoms with van der Waals surface area (Å²) in [5.74, 6) is -0.717. The molecule has 3 amide bonds. The summed E-state index contributed by atoms with van der Waals surface area (Å²) < 4.78 is 0. The van der Waals surface area contributed by atoms with Gasteiger partial charge in [0, 0.05) is 23.6 Å². The lowest BCUT2D eigenvalue weighted by molar-refractivity contribution is -0.125. The third-order valence-corrected chi connectivity index (χ3v) is 5.11. The molecule has 28 heavy (non-hydrogen) atoms. The van der Waals surface area contributed by atoms with Gasteiger partial charge in [0.1, 0.15) is 0 Å². The minimum Gasteiger partial charge on any atom is -0.311 e. The minimum atomic E-state index is -0.533. The van der Waals surface area contributed by atoms with Crippen LogP contribution in [0.5, 0.6) is 0 Å². The number of nitrogens with zero attached hydrogens (tertiary/aromatic N) is 2. The third-order valence-electron chi connectivity index (χ3n) is 5.11. The summed E-state index contributed by atoms with van der Waals surface area (Å²) in [6, 6.07) is 14.6. The summed E-state index contributed by atoms with van der Waals surface area (Å²) in [4.78, 5) is 41.6. The van der Waals surface area contributed by atoms with Gasteiger partial charge >= 0.3 is 0 Å². The van der Waals surface area contributed by atoms with Gasteiger partial charge in [0.15, 0.2) is 0 Å². The minimum absolute atomic E-state index is 0.0102. The lowest BCUT2D eigenvalue weighted by atomic mass is 9.93. The van der Waals surface area contributed by atoms with Gasteiger partial charge in [-0.15, -0.1) is 0 Å². The average Bonchev–Trinajstić information content (AvgIpc) is 3.22. The van der Waals surface area contributed by atoms with Crippen LogP contribution in [0.25, 0.3) is 5.57 Å². The van der Waals surface area contributed by atoms with E-state index in [1.54, 1.807) is 29.2 Å². The van der Waals surface area contributed by atoms with Crippen LogP contribution in [0.3, 0.4) is 0 Å². The number of carbonyl (C=O) groups excluding carboxylic acids is 3. The maximum absolute atomic E-state index is 13.1. The van der Waals surface area contributed by atoms with Crippen molar-refractivity contribution in [3.05, 3.63) is 65.7 Å². The first-order chi connectivity index (χ1) is 13.3. The number of carbonyl (C=O) groups is 3.